The molecule has 3 rings (SSSR count). The quantitative estimate of drug-likeness (QED) is 0.594. The molecule has 2 aromatic heterocycles. The molecule has 3 heterocycles. The molecule has 66 valence electrons. The van der Waals surface area contributed by atoms with Gasteiger partial charge in [-0.2, -0.15) is 0 Å². The molecule has 0 saturated heterocycles. The highest BCUT2D eigenvalue weighted by molar-refractivity contribution is 5.41. The SMILES string of the molecule is c1cn2c3c(nc2cn1)CCOC3. The lowest BCUT2D eigenvalue weighted by Crippen LogP contribution is -2.10. The third-order valence-electron chi connectivity index (χ3n) is 2.33. The number of nitrogens with zero attached hydrogens (tertiary/aromatic N) is 3. The van der Waals surface area contributed by atoms with Gasteiger partial charge in [-0.1, -0.05) is 0 Å². The van der Waals surface area contributed by atoms with E-state index < -0.39 is 0 Å². The van der Waals surface area contributed by atoms with Crippen molar-refractivity contribution in [3.63, 3.8) is 0 Å². The minimum absolute atomic E-state index is 0.667. The molecule has 0 saturated carbocycles. The Morgan fingerprint density at radius 1 is 1.46 bits per heavy atom. The first-order valence-corrected chi connectivity index (χ1v) is 4.33. The number of ether oxygens (including phenoxy) is 1. The van der Waals surface area contributed by atoms with Crippen LogP contribution < -0.4 is 0 Å². The highest BCUT2D eigenvalue weighted by Gasteiger charge is 2.15. The van der Waals surface area contributed by atoms with Crippen LogP contribution in [0.2, 0.25) is 0 Å². The molecule has 2 aromatic rings. The van der Waals surface area contributed by atoms with Crippen molar-refractivity contribution in [1.82, 2.24) is 14.4 Å². The van der Waals surface area contributed by atoms with Crippen molar-refractivity contribution in [2.75, 3.05) is 6.61 Å². The first-order chi connectivity index (χ1) is 6.45. The summed E-state index contributed by atoms with van der Waals surface area (Å²) >= 11 is 0. The Kier molecular flexibility index (Phi) is 1.37. The van der Waals surface area contributed by atoms with E-state index in [-0.39, 0.29) is 0 Å². The maximum Gasteiger partial charge on any atom is 0.155 e. The summed E-state index contributed by atoms with van der Waals surface area (Å²) in [4.78, 5) is 8.51. The molecular weight excluding hydrogens is 166 g/mol. The van der Waals surface area contributed by atoms with Crippen molar-refractivity contribution in [2.45, 2.75) is 13.0 Å². The molecule has 0 bridgehead atoms. The molecule has 4 nitrogen and oxygen atoms in total. The van der Waals surface area contributed by atoms with Crippen molar-refractivity contribution in [3.05, 3.63) is 30.0 Å². The second-order valence-corrected chi connectivity index (χ2v) is 3.11. The maximum atomic E-state index is 5.38. The third kappa shape index (κ3) is 0.954. The van der Waals surface area contributed by atoms with Crippen LogP contribution in [-0.2, 0) is 17.8 Å². The standard InChI is InChI=1S/C9H9N3O/c1-4-13-6-8-7(1)11-9-5-10-2-3-12(8)9/h2-3,5H,1,4,6H2. The first-order valence-electron chi connectivity index (χ1n) is 4.33. The lowest BCUT2D eigenvalue weighted by Gasteiger charge is -2.10. The van der Waals surface area contributed by atoms with Crippen molar-refractivity contribution >= 4 is 5.65 Å². The Balaban J connectivity index is 2.34. The van der Waals surface area contributed by atoms with Crippen LogP contribution >= 0.6 is 0 Å². The molecule has 0 aliphatic carbocycles. The topological polar surface area (TPSA) is 39.4 Å². The zero-order valence-corrected chi connectivity index (χ0v) is 7.10. The van der Waals surface area contributed by atoms with Crippen molar-refractivity contribution < 1.29 is 4.74 Å². The Morgan fingerprint density at radius 2 is 2.46 bits per heavy atom. The number of hydrogen-bond donors (Lipinski definition) is 0. The van der Waals surface area contributed by atoms with Crippen LogP contribution in [0.3, 0.4) is 0 Å². The minimum Gasteiger partial charge on any atom is -0.375 e. The van der Waals surface area contributed by atoms with Gasteiger partial charge >= 0.3 is 0 Å². The van der Waals surface area contributed by atoms with Crippen LogP contribution in [0.1, 0.15) is 11.4 Å². The summed E-state index contributed by atoms with van der Waals surface area (Å²) in [6.45, 7) is 1.45. The zero-order valence-electron chi connectivity index (χ0n) is 7.10. The van der Waals surface area contributed by atoms with Gasteiger partial charge in [0.05, 0.1) is 30.8 Å². The molecule has 0 unspecified atom stereocenters. The Labute approximate surface area is 75.2 Å². The van der Waals surface area contributed by atoms with Crippen LogP contribution in [0.5, 0.6) is 0 Å². The first kappa shape index (κ1) is 7.03. The average Bonchev–Trinajstić information content (AvgIpc) is 2.56. The van der Waals surface area contributed by atoms with E-state index in [1.807, 2.05) is 10.6 Å². The van der Waals surface area contributed by atoms with Gasteiger partial charge in [-0.05, 0) is 0 Å². The summed E-state index contributed by atoms with van der Waals surface area (Å²) in [5.74, 6) is 0. The van der Waals surface area contributed by atoms with E-state index >= 15 is 0 Å². The highest BCUT2D eigenvalue weighted by Crippen LogP contribution is 2.17. The minimum atomic E-state index is 0.667. The van der Waals surface area contributed by atoms with Gasteiger partial charge in [0.2, 0.25) is 0 Å². The second-order valence-electron chi connectivity index (χ2n) is 3.11. The molecule has 0 amide bonds. The van der Waals surface area contributed by atoms with Crippen LogP contribution in [0.4, 0.5) is 0 Å². The summed E-state index contributed by atoms with van der Waals surface area (Å²) in [5, 5.41) is 0. The molecule has 0 N–H and O–H groups in total. The van der Waals surface area contributed by atoms with Gasteiger partial charge in [0, 0.05) is 18.8 Å². The van der Waals surface area contributed by atoms with Crippen LogP contribution in [0.25, 0.3) is 5.65 Å². The molecule has 0 radical (unpaired) electrons. The number of rotatable bonds is 0. The van der Waals surface area contributed by atoms with E-state index in [9.17, 15) is 0 Å². The van der Waals surface area contributed by atoms with E-state index in [0.29, 0.717) is 6.61 Å². The fourth-order valence-corrected chi connectivity index (χ4v) is 1.70. The van der Waals surface area contributed by atoms with Crippen molar-refractivity contribution in [3.8, 4) is 0 Å². The molecule has 4 heteroatoms. The van der Waals surface area contributed by atoms with E-state index in [4.69, 9.17) is 4.74 Å². The summed E-state index contributed by atoms with van der Waals surface area (Å²) in [7, 11) is 0. The van der Waals surface area contributed by atoms with Gasteiger partial charge in [-0.15, -0.1) is 0 Å². The Bertz CT molecular complexity index is 449. The van der Waals surface area contributed by atoms with Gasteiger partial charge in [-0.25, -0.2) is 4.98 Å². The number of aromatic nitrogens is 3. The smallest absolute Gasteiger partial charge is 0.155 e. The number of fused-ring (bicyclic) bond motifs is 3. The molecule has 1 aliphatic heterocycles. The predicted molar refractivity (Wildman–Crippen MR) is 46.3 cm³/mol. The van der Waals surface area contributed by atoms with E-state index in [0.717, 1.165) is 24.4 Å². The molecule has 0 atom stereocenters. The molecular formula is C9H9N3O. The van der Waals surface area contributed by atoms with E-state index in [2.05, 4.69) is 9.97 Å². The van der Waals surface area contributed by atoms with Gasteiger partial charge < -0.3 is 4.74 Å². The maximum absolute atomic E-state index is 5.38. The molecule has 1 aliphatic rings. The summed E-state index contributed by atoms with van der Waals surface area (Å²) < 4.78 is 7.42. The van der Waals surface area contributed by atoms with E-state index in [1.165, 1.54) is 5.69 Å². The third-order valence-corrected chi connectivity index (χ3v) is 2.33. The van der Waals surface area contributed by atoms with Gasteiger partial charge in [0.15, 0.2) is 5.65 Å². The lowest BCUT2D eigenvalue weighted by molar-refractivity contribution is 0.106. The molecule has 0 spiro atoms. The van der Waals surface area contributed by atoms with Gasteiger partial charge in [0.1, 0.15) is 0 Å². The second kappa shape index (κ2) is 2.53. The fourth-order valence-electron chi connectivity index (χ4n) is 1.70. The summed E-state index contributed by atoms with van der Waals surface area (Å²) in [6.07, 6.45) is 6.38. The van der Waals surface area contributed by atoms with Crippen molar-refractivity contribution in [2.24, 2.45) is 0 Å². The molecule has 0 fully saturated rings. The number of imidazole rings is 1. The molecule has 13 heavy (non-hydrogen) atoms. The average molecular weight is 175 g/mol. The summed E-state index contributed by atoms with van der Waals surface area (Å²) in [5.41, 5.74) is 3.24. The number of hydrogen-bond acceptors (Lipinski definition) is 3. The predicted octanol–water partition coefficient (Wildman–Crippen LogP) is 0.802. The Morgan fingerprint density at radius 3 is 3.46 bits per heavy atom. The van der Waals surface area contributed by atoms with Crippen LogP contribution in [0.15, 0.2) is 18.6 Å². The fraction of sp³-hybridized carbons (Fsp3) is 0.333. The lowest BCUT2D eigenvalue weighted by atomic mass is 10.2. The van der Waals surface area contributed by atoms with Crippen molar-refractivity contribution in [1.29, 1.82) is 0 Å². The van der Waals surface area contributed by atoms with Crippen LogP contribution in [-0.4, -0.2) is 21.0 Å². The van der Waals surface area contributed by atoms with Crippen LogP contribution in [0, 0.1) is 0 Å². The molecule has 0 aromatic carbocycles. The normalized spacial score (nSPS) is 16.0. The highest BCUT2D eigenvalue weighted by atomic mass is 16.5. The Hall–Kier alpha value is -1.42. The van der Waals surface area contributed by atoms with E-state index in [1.54, 1.807) is 12.4 Å². The zero-order chi connectivity index (χ0) is 8.67. The monoisotopic (exact) mass is 175 g/mol. The largest absolute Gasteiger partial charge is 0.375 e. The van der Waals surface area contributed by atoms with Gasteiger partial charge in [-0.3, -0.25) is 9.38 Å². The van der Waals surface area contributed by atoms with Gasteiger partial charge in [0.25, 0.3) is 0 Å². The summed E-state index contributed by atoms with van der Waals surface area (Å²) in [6, 6.07) is 0.